The van der Waals surface area contributed by atoms with E-state index in [4.69, 9.17) is 5.73 Å². The fraction of sp³-hybridized carbons (Fsp3) is 0.500. The Bertz CT molecular complexity index is 476. The third-order valence-electron chi connectivity index (χ3n) is 3.90. The molecule has 2 atom stereocenters. The van der Waals surface area contributed by atoms with Crippen LogP contribution in [0.5, 0.6) is 0 Å². The molecule has 5 nitrogen and oxygen atoms in total. The lowest BCUT2D eigenvalue weighted by Gasteiger charge is -2.28. The SMILES string of the molecule is CNC(=O)c1ccc(N2CCC(C)C2CO)c(N)c1. The minimum atomic E-state index is -0.147. The number of carbonyl (C=O) groups excluding carboxylic acids is 1. The average molecular weight is 263 g/mol. The van der Waals surface area contributed by atoms with Gasteiger partial charge in [0, 0.05) is 19.2 Å². The highest BCUT2D eigenvalue weighted by molar-refractivity contribution is 5.96. The second kappa shape index (κ2) is 5.48. The van der Waals surface area contributed by atoms with E-state index in [0.29, 0.717) is 17.2 Å². The summed E-state index contributed by atoms with van der Waals surface area (Å²) in [5, 5.41) is 12.1. The van der Waals surface area contributed by atoms with Crippen molar-refractivity contribution < 1.29 is 9.90 Å². The van der Waals surface area contributed by atoms with Crippen molar-refractivity contribution in [1.29, 1.82) is 0 Å². The van der Waals surface area contributed by atoms with Crippen molar-refractivity contribution in [3.63, 3.8) is 0 Å². The van der Waals surface area contributed by atoms with Gasteiger partial charge >= 0.3 is 0 Å². The molecule has 0 radical (unpaired) electrons. The fourth-order valence-corrected chi connectivity index (χ4v) is 2.69. The number of anilines is 2. The number of hydrogen-bond acceptors (Lipinski definition) is 4. The van der Waals surface area contributed by atoms with E-state index in [0.717, 1.165) is 18.7 Å². The maximum absolute atomic E-state index is 11.6. The number of aliphatic hydroxyl groups is 1. The number of hydrogen-bond donors (Lipinski definition) is 3. The van der Waals surface area contributed by atoms with Gasteiger partial charge in [0.1, 0.15) is 0 Å². The van der Waals surface area contributed by atoms with Crippen LogP contribution in [0.1, 0.15) is 23.7 Å². The van der Waals surface area contributed by atoms with Gasteiger partial charge < -0.3 is 21.1 Å². The van der Waals surface area contributed by atoms with Gasteiger partial charge in [-0.3, -0.25) is 4.79 Å². The van der Waals surface area contributed by atoms with E-state index in [2.05, 4.69) is 17.1 Å². The van der Waals surface area contributed by atoms with Crippen LogP contribution in [0, 0.1) is 5.92 Å². The molecule has 1 amide bonds. The third kappa shape index (κ3) is 2.51. The second-order valence-electron chi connectivity index (χ2n) is 5.06. The summed E-state index contributed by atoms with van der Waals surface area (Å²) in [6.07, 6.45) is 1.04. The molecule has 1 aromatic carbocycles. The van der Waals surface area contributed by atoms with E-state index in [-0.39, 0.29) is 18.6 Å². The van der Waals surface area contributed by atoms with Gasteiger partial charge in [0.15, 0.2) is 0 Å². The van der Waals surface area contributed by atoms with Crippen molar-refractivity contribution in [3.05, 3.63) is 23.8 Å². The van der Waals surface area contributed by atoms with E-state index in [1.807, 2.05) is 6.07 Å². The van der Waals surface area contributed by atoms with Crippen LogP contribution in [0.4, 0.5) is 11.4 Å². The lowest BCUT2D eigenvalue weighted by Crippen LogP contribution is -2.35. The molecule has 1 aliphatic rings. The van der Waals surface area contributed by atoms with Crippen LogP contribution in [-0.4, -0.2) is 37.3 Å². The first-order valence-corrected chi connectivity index (χ1v) is 6.57. The maximum Gasteiger partial charge on any atom is 0.251 e. The Kier molecular flexibility index (Phi) is 3.95. The topological polar surface area (TPSA) is 78.6 Å². The minimum Gasteiger partial charge on any atom is -0.397 e. The zero-order valence-electron chi connectivity index (χ0n) is 11.4. The van der Waals surface area contributed by atoms with Gasteiger partial charge in [0.2, 0.25) is 0 Å². The van der Waals surface area contributed by atoms with Crippen LogP contribution in [0.2, 0.25) is 0 Å². The zero-order chi connectivity index (χ0) is 14.0. The molecule has 0 saturated carbocycles. The fourth-order valence-electron chi connectivity index (χ4n) is 2.69. The Labute approximate surface area is 113 Å². The molecule has 2 unspecified atom stereocenters. The molecular weight excluding hydrogens is 242 g/mol. The quantitative estimate of drug-likeness (QED) is 0.706. The smallest absolute Gasteiger partial charge is 0.251 e. The highest BCUT2D eigenvalue weighted by Crippen LogP contribution is 2.33. The van der Waals surface area contributed by atoms with Gasteiger partial charge in [-0.05, 0) is 30.5 Å². The molecule has 0 spiro atoms. The van der Waals surface area contributed by atoms with E-state index in [9.17, 15) is 9.90 Å². The first-order chi connectivity index (χ1) is 9.08. The Morgan fingerprint density at radius 1 is 1.58 bits per heavy atom. The molecular formula is C14H21N3O2. The van der Waals surface area contributed by atoms with Crippen molar-refractivity contribution >= 4 is 17.3 Å². The number of amides is 1. The molecule has 1 aromatic rings. The molecule has 4 N–H and O–H groups in total. The van der Waals surface area contributed by atoms with Crippen LogP contribution in [0.15, 0.2) is 18.2 Å². The van der Waals surface area contributed by atoms with Crippen molar-refractivity contribution in [3.8, 4) is 0 Å². The van der Waals surface area contributed by atoms with Gasteiger partial charge in [-0.25, -0.2) is 0 Å². The molecule has 2 rings (SSSR count). The number of nitrogens with two attached hydrogens (primary N) is 1. The summed E-state index contributed by atoms with van der Waals surface area (Å²) in [6, 6.07) is 5.42. The van der Waals surface area contributed by atoms with Crippen LogP contribution < -0.4 is 16.0 Å². The van der Waals surface area contributed by atoms with Gasteiger partial charge in [-0.15, -0.1) is 0 Å². The number of aliphatic hydroxyl groups excluding tert-OH is 1. The van der Waals surface area contributed by atoms with Crippen molar-refractivity contribution in [2.24, 2.45) is 5.92 Å². The van der Waals surface area contributed by atoms with Crippen LogP contribution in [0.3, 0.4) is 0 Å². The van der Waals surface area contributed by atoms with Gasteiger partial charge in [0.25, 0.3) is 5.91 Å². The van der Waals surface area contributed by atoms with Crippen molar-refractivity contribution in [1.82, 2.24) is 5.32 Å². The molecule has 0 aromatic heterocycles. The van der Waals surface area contributed by atoms with Crippen LogP contribution >= 0.6 is 0 Å². The van der Waals surface area contributed by atoms with Gasteiger partial charge in [-0.1, -0.05) is 6.92 Å². The summed E-state index contributed by atoms with van der Waals surface area (Å²) in [5.74, 6) is 0.301. The number of carbonyl (C=O) groups is 1. The highest BCUT2D eigenvalue weighted by atomic mass is 16.3. The first kappa shape index (κ1) is 13.7. The van der Waals surface area contributed by atoms with Gasteiger partial charge in [0.05, 0.1) is 24.0 Å². The standard InChI is InChI=1S/C14H21N3O2/c1-9-5-6-17(13(9)8-18)12-4-3-10(7-11(12)15)14(19)16-2/h3-4,7,9,13,18H,5-6,8,15H2,1-2H3,(H,16,19). The van der Waals surface area contributed by atoms with Crippen molar-refractivity contribution in [2.75, 3.05) is 30.8 Å². The molecule has 19 heavy (non-hydrogen) atoms. The highest BCUT2D eigenvalue weighted by Gasteiger charge is 2.31. The summed E-state index contributed by atoms with van der Waals surface area (Å²) in [5.41, 5.74) is 8.08. The van der Waals surface area contributed by atoms with Crippen LogP contribution in [0.25, 0.3) is 0 Å². The summed E-state index contributed by atoms with van der Waals surface area (Å²) in [6.45, 7) is 3.14. The number of rotatable bonds is 3. The van der Waals surface area contributed by atoms with E-state index in [1.54, 1.807) is 19.2 Å². The molecule has 1 heterocycles. The summed E-state index contributed by atoms with van der Waals surface area (Å²) >= 11 is 0. The maximum atomic E-state index is 11.6. The van der Waals surface area contributed by atoms with Crippen LogP contribution in [-0.2, 0) is 0 Å². The average Bonchev–Trinajstić information content (AvgIpc) is 2.78. The minimum absolute atomic E-state index is 0.105. The molecule has 104 valence electrons. The molecule has 0 bridgehead atoms. The van der Waals surface area contributed by atoms with Crippen molar-refractivity contribution in [2.45, 2.75) is 19.4 Å². The summed E-state index contributed by atoms with van der Waals surface area (Å²) < 4.78 is 0. The molecule has 1 fully saturated rings. The van der Waals surface area contributed by atoms with Gasteiger partial charge in [-0.2, -0.15) is 0 Å². The third-order valence-corrected chi connectivity index (χ3v) is 3.90. The first-order valence-electron chi connectivity index (χ1n) is 6.57. The zero-order valence-corrected chi connectivity index (χ0v) is 11.4. The Balaban J connectivity index is 2.29. The van der Waals surface area contributed by atoms with E-state index >= 15 is 0 Å². The number of nitrogen functional groups attached to an aromatic ring is 1. The lowest BCUT2D eigenvalue weighted by molar-refractivity contribution is 0.0963. The number of nitrogens with one attached hydrogen (secondary N) is 1. The Hall–Kier alpha value is -1.75. The van der Waals surface area contributed by atoms with E-state index in [1.165, 1.54) is 0 Å². The lowest BCUT2D eigenvalue weighted by atomic mass is 10.0. The molecule has 1 saturated heterocycles. The summed E-state index contributed by atoms with van der Waals surface area (Å²) in [4.78, 5) is 13.7. The predicted molar refractivity (Wildman–Crippen MR) is 76.2 cm³/mol. The Morgan fingerprint density at radius 3 is 2.89 bits per heavy atom. The second-order valence-corrected chi connectivity index (χ2v) is 5.06. The molecule has 5 heteroatoms. The predicted octanol–water partition coefficient (Wildman–Crippen LogP) is 0.836. The molecule has 0 aliphatic carbocycles. The number of benzene rings is 1. The molecule has 1 aliphatic heterocycles. The largest absolute Gasteiger partial charge is 0.397 e. The normalized spacial score (nSPS) is 22.6. The summed E-state index contributed by atoms with van der Waals surface area (Å²) in [7, 11) is 1.59. The Morgan fingerprint density at radius 2 is 2.32 bits per heavy atom. The van der Waals surface area contributed by atoms with E-state index < -0.39 is 0 Å². The number of nitrogens with zero attached hydrogens (tertiary/aromatic N) is 1. The monoisotopic (exact) mass is 263 g/mol.